The van der Waals surface area contributed by atoms with Crippen LogP contribution in [0.4, 0.5) is 0 Å². The molecule has 0 spiro atoms. The minimum Gasteiger partial charge on any atom is -0.374 e. The lowest BCUT2D eigenvalue weighted by atomic mass is 9.68. The molecule has 0 amide bonds. The standard InChI is InChI=1S/C27H37NO/c1-27(2)20-12-5-3-9-17(20)18-11-7-14-22(26(18)27)28-21-13-8-16-24-25(21)19-10-4-6-15-23(19)29-24/h4,7,9-11,14,19-26,28H,3,5-6,8,12-13,15-16H2,1-2H3. The topological polar surface area (TPSA) is 21.3 Å². The van der Waals surface area contributed by atoms with Gasteiger partial charge in [0.15, 0.2) is 0 Å². The summed E-state index contributed by atoms with van der Waals surface area (Å²) in [6.07, 6.45) is 26.0. The summed E-state index contributed by atoms with van der Waals surface area (Å²) in [5, 5.41) is 4.23. The number of allylic oxidation sites excluding steroid dienone is 5. The summed E-state index contributed by atoms with van der Waals surface area (Å²) >= 11 is 0. The van der Waals surface area contributed by atoms with Crippen LogP contribution in [-0.4, -0.2) is 24.3 Å². The zero-order valence-electron chi connectivity index (χ0n) is 18.1. The first kappa shape index (κ1) is 18.6. The van der Waals surface area contributed by atoms with Gasteiger partial charge in [-0.05, 0) is 73.8 Å². The summed E-state index contributed by atoms with van der Waals surface area (Å²) in [7, 11) is 0. The van der Waals surface area contributed by atoms with E-state index in [0.29, 0.717) is 47.5 Å². The van der Waals surface area contributed by atoms with E-state index < -0.39 is 0 Å². The molecule has 1 saturated heterocycles. The fraction of sp³-hybridized carbons (Fsp3) is 0.704. The van der Waals surface area contributed by atoms with Gasteiger partial charge in [-0.25, -0.2) is 0 Å². The van der Waals surface area contributed by atoms with E-state index in [1.165, 1.54) is 51.4 Å². The molecule has 0 radical (unpaired) electrons. The molecule has 1 aliphatic heterocycles. The molecule has 2 heteroatoms. The van der Waals surface area contributed by atoms with Crippen molar-refractivity contribution >= 4 is 0 Å². The Bertz CT molecular complexity index is 786. The Kier molecular flexibility index (Phi) is 4.47. The van der Waals surface area contributed by atoms with E-state index in [-0.39, 0.29) is 0 Å². The Hall–Kier alpha value is -1.12. The highest BCUT2D eigenvalue weighted by Gasteiger charge is 2.54. The van der Waals surface area contributed by atoms with Crippen molar-refractivity contribution in [1.82, 2.24) is 5.32 Å². The van der Waals surface area contributed by atoms with Gasteiger partial charge >= 0.3 is 0 Å². The van der Waals surface area contributed by atoms with Gasteiger partial charge in [0.05, 0.1) is 12.2 Å². The van der Waals surface area contributed by atoms with Crippen LogP contribution in [0.2, 0.25) is 0 Å². The van der Waals surface area contributed by atoms with E-state index in [9.17, 15) is 0 Å². The van der Waals surface area contributed by atoms with Crippen LogP contribution in [0.1, 0.15) is 65.2 Å². The lowest BCUT2D eigenvalue weighted by molar-refractivity contribution is 0.00614. The van der Waals surface area contributed by atoms with Gasteiger partial charge < -0.3 is 10.1 Å². The molecular formula is C27H37NO. The molecule has 0 bridgehead atoms. The van der Waals surface area contributed by atoms with Crippen LogP contribution >= 0.6 is 0 Å². The van der Waals surface area contributed by atoms with Crippen molar-refractivity contribution < 1.29 is 4.74 Å². The average molecular weight is 392 g/mol. The van der Waals surface area contributed by atoms with Crippen LogP contribution in [0, 0.1) is 29.1 Å². The smallest absolute Gasteiger partial charge is 0.0648 e. The molecule has 1 N–H and O–H groups in total. The third kappa shape index (κ3) is 2.82. The molecule has 5 aliphatic carbocycles. The minimum absolute atomic E-state index is 0.341. The molecule has 0 aromatic heterocycles. The maximum absolute atomic E-state index is 6.56. The highest BCUT2D eigenvalue weighted by atomic mass is 16.5. The van der Waals surface area contributed by atoms with Crippen LogP contribution in [-0.2, 0) is 4.74 Å². The number of ether oxygens (including phenoxy) is 1. The van der Waals surface area contributed by atoms with E-state index in [1.807, 2.05) is 0 Å². The Morgan fingerprint density at radius 1 is 0.966 bits per heavy atom. The Morgan fingerprint density at radius 3 is 2.83 bits per heavy atom. The predicted molar refractivity (Wildman–Crippen MR) is 118 cm³/mol. The van der Waals surface area contributed by atoms with Gasteiger partial charge in [0, 0.05) is 29.8 Å². The molecule has 0 aromatic rings. The van der Waals surface area contributed by atoms with Crippen molar-refractivity contribution in [1.29, 1.82) is 0 Å². The van der Waals surface area contributed by atoms with Crippen LogP contribution < -0.4 is 5.32 Å². The van der Waals surface area contributed by atoms with Gasteiger partial charge in [-0.3, -0.25) is 0 Å². The number of nitrogens with one attached hydrogen (secondary N) is 1. The first-order valence-corrected chi connectivity index (χ1v) is 12.3. The molecule has 1 heterocycles. The molecule has 6 aliphatic rings. The van der Waals surface area contributed by atoms with Gasteiger partial charge in [0.25, 0.3) is 0 Å². The van der Waals surface area contributed by atoms with Crippen molar-refractivity contribution in [3.63, 3.8) is 0 Å². The first-order chi connectivity index (χ1) is 14.1. The van der Waals surface area contributed by atoms with Crippen molar-refractivity contribution in [3.8, 4) is 0 Å². The third-order valence-electron chi connectivity index (χ3n) is 9.26. The van der Waals surface area contributed by atoms with Gasteiger partial charge in [-0.1, -0.05) is 50.3 Å². The molecule has 3 fully saturated rings. The van der Waals surface area contributed by atoms with Gasteiger partial charge in [0.1, 0.15) is 0 Å². The van der Waals surface area contributed by atoms with E-state index >= 15 is 0 Å². The lowest BCUT2D eigenvalue weighted by Crippen LogP contribution is -2.53. The number of hydrogen-bond acceptors (Lipinski definition) is 2. The molecule has 6 rings (SSSR count). The van der Waals surface area contributed by atoms with Crippen molar-refractivity contribution in [2.75, 3.05) is 0 Å². The second-order valence-corrected chi connectivity index (χ2v) is 11.1. The van der Waals surface area contributed by atoms with Crippen LogP contribution in [0.5, 0.6) is 0 Å². The summed E-state index contributed by atoms with van der Waals surface area (Å²) in [5.41, 5.74) is 3.67. The summed E-state index contributed by atoms with van der Waals surface area (Å²) in [4.78, 5) is 0. The maximum Gasteiger partial charge on any atom is 0.0648 e. The van der Waals surface area contributed by atoms with Gasteiger partial charge in [-0.15, -0.1) is 0 Å². The predicted octanol–water partition coefficient (Wildman–Crippen LogP) is 5.73. The number of rotatable bonds is 2. The zero-order chi connectivity index (χ0) is 19.6. The molecule has 8 atom stereocenters. The summed E-state index contributed by atoms with van der Waals surface area (Å²) in [6.45, 7) is 5.08. The van der Waals surface area contributed by atoms with Crippen LogP contribution in [0.25, 0.3) is 0 Å². The maximum atomic E-state index is 6.56. The highest BCUT2D eigenvalue weighted by Crippen LogP contribution is 2.59. The highest BCUT2D eigenvalue weighted by molar-refractivity contribution is 5.49. The van der Waals surface area contributed by atoms with Crippen molar-refractivity contribution in [2.24, 2.45) is 29.1 Å². The van der Waals surface area contributed by atoms with Crippen LogP contribution in [0.15, 0.2) is 47.6 Å². The largest absolute Gasteiger partial charge is 0.374 e. The quantitative estimate of drug-likeness (QED) is 0.607. The summed E-state index contributed by atoms with van der Waals surface area (Å²) in [6, 6.07) is 1.06. The monoisotopic (exact) mass is 391 g/mol. The van der Waals surface area contributed by atoms with E-state index in [1.54, 1.807) is 11.1 Å². The first-order valence-electron chi connectivity index (χ1n) is 12.3. The van der Waals surface area contributed by atoms with Crippen molar-refractivity contribution in [3.05, 3.63) is 47.6 Å². The molecular weight excluding hydrogens is 354 g/mol. The molecule has 0 aromatic carbocycles. The van der Waals surface area contributed by atoms with E-state index in [0.717, 1.165) is 5.92 Å². The second-order valence-electron chi connectivity index (χ2n) is 11.1. The lowest BCUT2D eigenvalue weighted by Gasteiger charge is -2.43. The summed E-state index contributed by atoms with van der Waals surface area (Å²) < 4.78 is 6.56. The van der Waals surface area contributed by atoms with Gasteiger partial charge in [0.2, 0.25) is 0 Å². The van der Waals surface area contributed by atoms with Gasteiger partial charge in [-0.2, -0.15) is 0 Å². The summed E-state index contributed by atoms with van der Waals surface area (Å²) in [5.74, 6) is 2.66. The molecule has 2 saturated carbocycles. The van der Waals surface area contributed by atoms with Crippen LogP contribution in [0.3, 0.4) is 0 Å². The fourth-order valence-corrected chi connectivity index (χ4v) is 8.05. The number of hydrogen-bond donors (Lipinski definition) is 1. The average Bonchev–Trinajstić information content (AvgIpc) is 3.23. The molecule has 8 unspecified atom stereocenters. The molecule has 29 heavy (non-hydrogen) atoms. The third-order valence-corrected chi connectivity index (χ3v) is 9.26. The van der Waals surface area contributed by atoms with E-state index in [2.05, 4.69) is 55.6 Å². The normalized spacial score (nSPS) is 47.0. The Labute approximate surface area is 176 Å². The number of fused-ring (bicyclic) bond motifs is 6. The minimum atomic E-state index is 0.341. The fourth-order valence-electron chi connectivity index (χ4n) is 8.05. The second kappa shape index (κ2) is 6.95. The molecule has 156 valence electrons. The molecule has 2 nitrogen and oxygen atoms in total. The Balaban J connectivity index is 1.28. The van der Waals surface area contributed by atoms with Crippen molar-refractivity contribution in [2.45, 2.75) is 89.5 Å². The Morgan fingerprint density at radius 2 is 1.90 bits per heavy atom. The SMILES string of the molecule is CC1(C)C2CCCC=C2C2=CC=CC(NC3CCCC4OC5CCC=CC5C34)C21. The zero-order valence-corrected chi connectivity index (χ0v) is 18.1. The van der Waals surface area contributed by atoms with E-state index in [4.69, 9.17) is 4.74 Å².